The summed E-state index contributed by atoms with van der Waals surface area (Å²) in [6.45, 7) is 0. The van der Waals surface area contributed by atoms with Crippen molar-refractivity contribution in [2.24, 2.45) is 0 Å². The second-order valence-corrected chi connectivity index (χ2v) is 3.40. The number of nitriles is 1. The third-order valence-electron chi connectivity index (χ3n) is 2.13. The van der Waals surface area contributed by atoms with E-state index < -0.39 is 5.97 Å². The van der Waals surface area contributed by atoms with Crippen molar-refractivity contribution >= 4 is 17.6 Å². The normalized spacial score (nSPS) is 9.56. The van der Waals surface area contributed by atoms with Gasteiger partial charge in [0.25, 0.3) is 0 Å². The van der Waals surface area contributed by atoms with E-state index >= 15 is 0 Å². The molecule has 0 saturated heterocycles. The summed E-state index contributed by atoms with van der Waals surface area (Å²) in [6, 6.07) is 4.76. The first-order valence-corrected chi connectivity index (χ1v) is 5.03. The zero-order chi connectivity index (χ0) is 12.1. The molecule has 0 aliphatic rings. The van der Waals surface area contributed by atoms with Gasteiger partial charge in [-0.25, -0.2) is 0 Å². The molecule has 0 fully saturated rings. The molecule has 1 rings (SSSR count). The van der Waals surface area contributed by atoms with Crippen molar-refractivity contribution in [3.63, 3.8) is 0 Å². The Morgan fingerprint density at radius 2 is 2.25 bits per heavy atom. The molecule has 0 aromatic heterocycles. The van der Waals surface area contributed by atoms with Gasteiger partial charge >= 0.3 is 5.97 Å². The Bertz CT molecular complexity index is 451. The molecule has 0 aliphatic heterocycles. The Labute approximate surface area is 98.0 Å². The molecule has 0 atom stereocenters. The minimum Gasteiger partial charge on any atom is -0.508 e. The summed E-state index contributed by atoms with van der Waals surface area (Å²) in [4.78, 5) is 11.1. The molecule has 5 heteroatoms. The van der Waals surface area contributed by atoms with Gasteiger partial charge in [0.05, 0.1) is 25.2 Å². The van der Waals surface area contributed by atoms with Gasteiger partial charge in [-0.15, -0.1) is 11.6 Å². The lowest BCUT2D eigenvalue weighted by atomic mass is 10.0. The summed E-state index contributed by atoms with van der Waals surface area (Å²) in [6.07, 6.45) is -0.0437. The third-order valence-corrected chi connectivity index (χ3v) is 2.42. The van der Waals surface area contributed by atoms with Gasteiger partial charge < -0.3 is 9.84 Å². The number of rotatable bonds is 3. The van der Waals surface area contributed by atoms with Crippen molar-refractivity contribution in [1.29, 1.82) is 5.26 Å². The summed E-state index contributed by atoms with van der Waals surface area (Å²) in [5.41, 5.74) is 1.29. The van der Waals surface area contributed by atoms with Crippen LogP contribution in [-0.2, 0) is 21.8 Å². The number of alkyl halides is 1. The van der Waals surface area contributed by atoms with Crippen LogP contribution in [0.25, 0.3) is 0 Å². The first-order valence-electron chi connectivity index (χ1n) is 4.50. The van der Waals surface area contributed by atoms with Crippen molar-refractivity contribution in [3.8, 4) is 11.8 Å². The Balaban J connectivity index is 3.12. The number of methoxy groups -OCH3 is 1. The average molecular weight is 240 g/mol. The molecule has 0 radical (unpaired) electrons. The third kappa shape index (κ3) is 2.65. The lowest BCUT2D eigenvalue weighted by Crippen LogP contribution is -2.05. The number of hydrogen-bond acceptors (Lipinski definition) is 4. The van der Waals surface area contributed by atoms with Crippen LogP contribution in [0, 0.1) is 11.3 Å². The number of aromatic hydroxyl groups is 1. The van der Waals surface area contributed by atoms with Gasteiger partial charge in [0.15, 0.2) is 0 Å². The van der Waals surface area contributed by atoms with Gasteiger partial charge in [0.2, 0.25) is 0 Å². The van der Waals surface area contributed by atoms with E-state index in [0.29, 0.717) is 16.7 Å². The smallest absolute Gasteiger partial charge is 0.310 e. The Morgan fingerprint density at radius 1 is 1.56 bits per heavy atom. The largest absolute Gasteiger partial charge is 0.508 e. The number of carbonyl (C=O) groups is 1. The van der Waals surface area contributed by atoms with E-state index in [0.717, 1.165) is 0 Å². The standard InChI is InChI=1S/C11H10ClNO3/c1-16-11(15)4-7-2-8(5-12)9(6-13)3-10(7)14/h2-3,14H,4-5H2,1H3. The van der Waals surface area contributed by atoms with Crippen LogP contribution in [0.2, 0.25) is 0 Å². The van der Waals surface area contributed by atoms with Crippen molar-refractivity contribution in [1.82, 2.24) is 0 Å². The van der Waals surface area contributed by atoms with E-state index in [9.17, 15) is 9.90 Å². The number of carbonyl (C=O) groups excluding carboxylic acids is 1. The number of hydrogen-bond donors (Lipinski definition) is 1. The maximum atomic E-state index is 11.1. The van der Waals surface area contributed by atoms with Gasteiger partial charge in [-0.1, -0.05) is 0 Å². The number of benzene rings is 1. The number of nitrogens with zero attached hydrogens (tertiary/aromatic N) is 1. The maximum absolute atomic E-state index is 11.1. The summed E-state index contributed by atoms with van der Waals surface area (Å²) in [5, 5.41) is 18.4. The van der Waals surface area contributed by atoms with Crippen LogP contribution in [0.1, 0.15) is 16.7 Å². The Hall–Kier alpha value is -1.73. The van der Waals surface area contributed by atoms with Crippen LogP contribution < -0.4 is 0 Å². The molecule has 0 bridgehead atoms. The molecule has 16 heavy (non-hydrogen) atoms. The second-order valence-electron chi connectivity index (χ2n) is 3.14. The monoisotopic (exact) mass is 239 g/mol. The van der Waals surface area contributed by atoms with Crippen molar-refractivity contribution < 1.29 is 14.6 Å². The maximum Gasteiger partial charge on any atom is 0.310 e. The number of ether oxygens (including phenoxy) is 1. The van der Waals surface area contributed by atoms with Gasteiger partial charge in [-0.2, -0.15) is 5.26 Å². The van der Waals surface area contributed by atoms with Crippen molar-refractivity contribution in [2.75, 3.05) is 7.11 Å². The number of esters is 1. The second kappa shape index (κ2) is 5.38. The lowest BCUT2D eigenvalue weighted by Gasteiger charge is -2.07. The Kier molecular flexibility index (Phi) is 4.15. The number of phenols is 1. The molecule has 0 unspecified atom stereocenters. The van der Waals surface area contributed by atoms with Crippen LogP contribution in [0.5, 0.6) is 5.75 Å². The highest BCUT2D eigenvalue weighted by atomic mass is 35.5. The molecule has 0 amide bonds. The molecule has 84 valence electrons. The predicted molar refractivity (Wildman–Crippen MR) is 58.1 cm³/mol. The first kappa shape index (κ1) is 12.3. The molecule has 0 spiro atoms. The summed E-state index contributed by atoms with van der Waals surface area (Å²) >= 11 is 5.66. The number of halogens is 1. The molecule has 4 nitrogen and oxygen atoms in total. The molecule has 1 aromatic rings. The van der Waals surface area contributed by atoms with Gasteiger partial charge in [-0.3, -0.25) is 4.79 Å². The first-order chi connectivity index (χ1) is 7.62. The zero-order valence-electron chi connectivity index (χ0n) is 8.66. The minimum atomic E-state index is -0.458. The fraction of sp³-hybridized carbons (Fsp3) is 0.273. The fourth-order valence-corrected chi connectivity index (χ4v) is 1.49. The molecule has 1 N–H and O–H groups in total. The zero-order valence-corrected chi connectivity index (χ0v) is 9.41. The van der Waals surface area contributed by atoms with E-state index in [2.05, 4.69) is 4.74 Å². The van der Waals surface area contributed by atoms with E-state index in [-0.39, 0.29) is 18.1 Å². The fourth-order valence-electron chi connectivity index (χ4n) is 1.27. The molecule has 1 aromatic carbocycles. The lowest BCUT2D eigenvalue weighted by molar-refractivity contribution is -0.139. The van der Waals surface area contributed by atoms with Gasteiger partial charge in [-0.05, 0) is 17.7 Å². The molecular weight excluding hydrogens is 230 g/mol. The molecule has 0 aliphatic carbocycles. The van der Waals surface area contributed by atoms with E-state index in [4.69, 9.17) is 16.9 Å². The molecular formula is C11H10ClNO3. The molecule has 0 heterocycles. The predicted octanol–water partition coefficient (Wildman–Crippen LogP) is 1.72. The quantitative estimate of drug-likeness (QED) is 0.644. The minimum absolute atomic E-state index is 0.0437. The number of phenolic OH excluding ortho intramolecular Hbond substituents is 1. The van der Waals surface area contributed by atoms with Crippen molar-refractivity contribution in [2.45, 2.75) is 12.3 Å². The van der Waals surface area contributed by atoms with E-state index in [1.807, 2.05) is 6.07 Å². The van der Waals surface area contributed by atoms with Crippen molar-refractivity contribution in [3.05, 3.63) is 28.8 Å². The highest BCUT2D eigenvalue weighted by Gasteiger charge is 2.12. The Morgan fingerprint density at radius 3 is 2.75 bits per heavy atom. The highest BCUT2D eigenvalue weighted by Crippen LogP contribution is 2.24. The van der Waals surface area contributed by atoms with Crippen LogP contribution in [0.15, 0.2) is 12.1 Å². The highest BCUT2D eigenvalue weighted by molar-refractivity contribution is 6.17. The molecule has 0 saturated carbocycles. The summed E-state index contributed by atoms with van der Waals surface area (Å²) in [5.74, 6) is -0.409. The average Bonchev–Trinajstić information content (AvgIpc) is 2.30. The summed E-state index contributed by atoms with van der Waals surface area (Å²) in [7, 11) is 1.27. The van der Waals surface area contributed by atoms with Crippen LogP contribution in [0.4, 0.5) is 0 Å². The van der Waals surface area contributed by atoms with Crippen LogP contribution in [-0.4, -0.2) is 18.2 Å². The van der Waals surface area contributed by atoms with Gasteiger partial charge in [0.1, 0.15) is 5.75 Å². The van der Waals surface area contributed by atoms with Crippen LogP contribution >= 0.6 is 11.6 Å². The summed E-state index contributed by atoms with van der Waals surface area (Å²) < 4.78 is 4.49. The van der Waals surface area contributed by atoms with Crippen LogP contribution in [0.3, 0.4) is 0 Å². The van der Waals surface area contributed by atoms with E-state index in [1.54, 1.807) is 0 Å². The van der Waals surface area contributed by atoms with E-state index in [1.165, 1.54) is 19.2 Å². The topological polar surface area (TPSA) is 70.3 Å². The SMILES string of the molecule is COC(=O)Cc1cc(CCl)c(C#N)cc1O. The van der Waals surface area contributed by atoms with Gasteiger partial charge in [0, 0.05) is 11.4 Å².